The highest BCUT2D eigenvalue weighted by molar-refractivity contribution is 7.93. The van der Waals surface area contributed by atoms with E-state index >= 15 is 0 Å². The molecular weight excluding hydrogens is 521 g/mol. The number of benzene rings is 3. The second kappa shape index (κ2) is 11.0. The summed E-state index contributed by atoms with van der Waals surface area (Å²) in [4.78, 5) is 0.346. The highest BCUT2D eigenvalue weighted by atomic mass is 32.2. The molecule has 0 saturated heterocycles. The molecule has 0 aliphatic rings. The van der Waals surface area contributed by atoms with E-state index in [1.165, 1.54) is 0 Å². The molecule has 5 nitrogen and oxygen atoms in total. The number of aromatic nitrogens is 1. The quantitative estimate of drug-likeness (QED) is 0.143. The number of hydrogen-bond acceptors (Lipinski definition) is 3. The average Bonchev–Trinajstić information content (AvgIpc) is 3.11. The summed E-state index contributed by atoms with van der Waals surface area (Å²) in [7, 11) is -3.89. The highest BCUT2D eigenvalue weighted by Crippen LogP contribution is 2.43. The zero-order chi connectivity index (χ0) is 28.6. The fourth-order valence-electron chi connectivity index (χ4n) is 4.83. The Kier molecular flexibility index (Phi) is 8.25. The van der Waals surface area contributed by atoms with E-state index in [0.29, 0.717) is 17.1 Å². The number of anilines is 1. The van der Waals surface area contributed by atoms with Crippen LogP contribution in [0.4, 0.5) is 5.69 Å². The van der Waals surface area contributed by atoms with Gasteiger partial charge in [0, 0.05) is 24.4 Å². The first kappa shape index (κ1) is 29.2. The second-order valence-electron chi connectivity index (χ2n) is 12.2. The second-order valence-corrected chi connectivity index (χ2v) is 18.7. The van der Waals surface area contributed by atoms with E-state index in [9.17, 15) is 8.42 Å². The minimum Gasteiger partial charge on any atom is -0.542 e. The van der Waals surface area contributed by atoms with Gasteiger partial charge in [0.1, 0.15) is 5.75 Å². The number of fused-ring (bicyclic) bond motifs is 2. The van der Waals surface area contributed by atoms with Gasteiger partial charge in [-0.1, -0.05) is 83.4 Å². The number of nitrogens with zero attached hydrogens (tertiary/aromatic N) is 2. The third-order valence-corrected chi connectivity index (χ3v) is 14.6. The lowest BCUT2D eigenvalue weighted by molar-refractivity contribution is 0.491. The molecule has 7 heteroatoms. The van der Waals surface area contributed by atoms with Crippen LogP contribution in [0, 0.1) is 6.92 Å². The van der Waals surface area contributed by atoms with Crippen molar-refractivity contribution in [1.82, 2.24) is 4.57 Å². The summed E-state index contributed by atoms with van der Waals surface area (Å²) >= 11 is 0. The smallest absolute Gasteiger partial charge is 0.264 e. The molecule has 0 amide bonds. The molecule has 39 heavy (non-hydrogen) atoms. The van der Waals surface area contributed by atoms with Gasteiger partial charge in [0.2, 0.25) is 0 Å². The first-order valence-electron chi connectivity index (χ1n) is 14.1. The van der Waals surface area contributed by atoms with Crippen molar-refractivity contribution in [3.05, 3.63) is 66.4 Å². The summed E-state index contributed by atoms with van der Waals surface area (Å²) in [6.07, 6.45) is 3.98. The number of sulfonamides is 1. The summed E-state index contributed by atoms with van der Waals surface area (Å²) in [5.74, 6) is 0.870. The lowest BCUT2D eigenvalue weighted by atomic mass is 10.1. The summed E-state index contributed by atoms with van der Waals surface area (Å²) < 4.78 is 39.3. The van der Waals surface area contributed by atoms with Crippen molar-refractivity contribution < 1.29 is 12.8 Å². The van der Waals surface area contributed by atoms with Gasteiger partial charge in [-0.2, -0.15) is 0 Å². The van der Waals surface area contributed by atoms with Crippen LogP contribution in [0.2, 0.25) is 18.1 Å². The number of hydrogen-bond donors (Lipinski definition) is 0. The number of rotatable bonds is 10. The molecule has 1 aromatic heterocycles. The minimum atomic E-state index is -3.82. The van der Waals surface area contributed by atoms with Gasteiger partial charge in [0.05, 0.1) is 21.8 Å². The maximum Gasteiger partial charge on any atom is 0.264 e. The van der Waals surface area contributed by atoms with Gasteiger partial charge in [0.25, 0.3) is 18.3 Å². The predicted octanol–water partition coefficient (Wildman–Crippen LogP) is 8.80. The molecular formula is C32H44N2O3SSi. The van der Waals surface area contributed by atoms with Crippen molar-refractivity contribution in [1.29, 1.82) is 0 Å². The molecule has 4 aromatic rings. The molecule has 0 fully saturated rings. The van der Waals surface area contributed by atoms with Gasteiger partial charge >= 0.3 is 0 Å². The van der Waals surface area contributed by atoms with Crippen LogP contribution in [-0.2, 0) is 17.1 Å². The summed E-state index contributed by atoms with van der Waals surface area (Å²) in [5, 5.41) is 2.67. The van der Waals surface area contributed by atoms with Gasteiger partial charge in [-0.3, -0.25) is 4.31 Å². The summed E-state index contributed by atoms with van der Waals surface area (Å²) in [6.45, 7) is 15.9. The van der Waals surface area contributed by atoms with Crippen LogP contribution in [0.15, 0.2) is 65.6 Å². The van der Waals surface area contributed by atoms with Crippen LogP contribution >= 0.6 is 0 Å². The molecule has 0 N–H and O–H groups in total. The topological polar surface area (TPSA) is 51.5 Å². The molecule has 0 aliphatic heterocycles. The van der Waals surface area contributed by atoms with Gasteiger partial charge in [-0.15, -0.1) is 0 Å². The Morgan fingerprint density at radius 3 is 2.31 bits per heavy atom. The highest BCUT2D eigenvalue weighted by Gasteiger charge is 2.40. The zero-order valence-electron chi connectivity index (χ0n) is 24.8. The zero-order valence-corrected chi connectivity index (χ0v) is 26.7. The van der Waals surface area contributed by atoms with Crippen LogP contribution < -0.4 is 8.73 Å². The molecule has 0 atom stereocenters. The predicted molar refractivity (Wildman–Crippen MR) is 168 cm³/mol. The average molecular weight is 565 g/mol. The largest absolute Gasteiger partial charge is 0.542 e. The summed E-state index contributed by atoms with van der Waals surface area (Å²) in [5.41, 5.74) is 2.77. The Balaban J connectivity index is 1.87. The van der Waals surface area contributed by atoms with Crippen LogP contribution in [-0.4, -0.2) is 27.8 Å². The van der Waals surface area contributed by atoms with E-state index in [4.69, 9.17) is 4.43 Å². The van der Waals surface area contributed by atoms with Crippen LogP contribution in [0.5, 0.6) is 5.75 Å². The lowest BCUT2D eigenvalue weighted by Gasteiger charge is -2.36. The van der Waals surface area contributed by atoms with Crippen molar-refractivity contribution in [3.8, 4) is 5.75 Å². The Hall–Kier alpha value is -2.77. The molecule has 0 saturated carbocycles. The van der Waals surface area contributed by atoms with Gasteiger partial charge in [-0.05, 0) is 61.1 Å². The maximum atomic E-state index is 14.4. The molecule has 0 aliphatic carbocycles. The van der Waals surface area contributed by atoms with Crippen molar-refractivity contribution in [2.45, 2.75) is 83.3 Å². The third kappa shape index (κ3) is 5.61. The molecule has 0 radical (unpaired) electrons. The first-order chi connectivity index (χ1) is 18.3. The van der Waals surface area contributed by atoms with E-state index < -0.39 is 18.3 Å². The SMILES string of the molecule is CCCCCCN(c1ccc2c(c1)c(O[Si](C)(C)C(C)(C)C)c(C)n2C)S(=O)(=O)c1cccc2ccccc12. The Labute approximate surface area is 236 Å². The Morgan fingerprint density at radius 2 is 1.62 bits per heavy atom. The van der Waals surface area contributed by atoms with E-state index in [2.05, 4.69) is 52.3 Å². The molecule has 3 aromatic carbocycles. The van der Waals surface area contributed by atoms with E-state index in [1.54, 1.807) is 10.4 Å². The monoisotopic (exact) mass is 564 g/mol. The van der Waals surface area contributed by atoms with E-state index in [-0.39, 0.29) is 5.04 Å². The summed E-state index contributed by atoms with van der Waals surface area (Å²) in [6, 6.07) is 19.2. The van der Waals surface area contributed by atoms with Crippen LogP contribution in [0.1, 0.15) is 59.1 Å². The minimum absolute atomic E-state index is 0.0439. The van der Waals surface area contributed by atoms with Crippen molar-refractivity contribution in [2.24, 2.45) is 7.05 Å². The Bertz CT molecular complexity index is 1580. The van der Waals surface area contributed by atoms with Gasteiger partial charge in [-0.25, -0.2) is 8.42 Å². The van der Waals surface area contributed by atoms with E-state index in [1.807, 2.05) is 61.6 Å². The number of aryl methyl sites for hydroxylation is 1. The van der Waals surface area contributed by atoms with Crippen LogP contribution in [0.3, 0.4) is 0 Å². The molecule has 0 spiro atoms. The first-order valence-corrected chi connectivity index (χ1v) is 18.4. The normalized spacial score (nSPS) is 12.8. The van der Waals surface area contributed by atoms with Gasteiger partial charge in [0.15, 0.2) is 0 Å². The molecule has 1 heterocycles. The Morgan fingerprint density at radius 1 is 0.923 bits per heavy atom. The standard InChI is InChI=1S/C32H44N2O3SSi/c1-9-10-11-14-22-34(38(35,36)30-19-15-17-25-16-12-13-18-27(25)30)26-20-21-29-28(23-26)31(24(2)33(29)6)37-39(7,8)32(3,4)5/h12-13,15-21,23H,9-11,14,22H2,1-8H3. The van der Waals surface area contributed by atoms with Gasteiger partial charge < -0.3 is 8.99 Å². The molecule has 4 rings (SSSR count). The maximum absolute atomic E-state index is 14.4. The van der Waals surface area contributed by atoms with Crippen LogP contribution in [0.25, 0.3) is 21.7 Å². The lowest BCUT2D eigenvalue weighted by Crippen LogP contribution is -2.44. The van der Waals surface area contributed by atoms with Crippen molar-refractivity contribution in [2.75, 3.05) is 10.8 Å². The molecule has 0 bridgehead atoms. The fraction of sp³-hybridized carbons (Fsp3) is 0.438. The third-order valence-electron chi connectivity index (χ3n) is 8.40. The van der Waals surface area contributed by atoms with E-state index in [0.717, 1.165) is 58.8 Å². The van der Waals surface area contributed by atoms with Crippen molar-refractivity contribution >= 4 is 45.7 Å². The van der Waals surface area contributed by atoms with Crippen molar-refractivity contribution in [3.63, 3.8) is 0 Å². The molecule has 210 valence electrons. The number of unbranched alkanes of at least 4 members (excludes halogenated alkanes) is 3. The molecule has 0 unspecified atom stereocenters. The fourth-order valence-corrected chi connectivity index (χ4v) is 7.61.